The maximum absolute atomic E-state index is 11.7. The Balaban J connectivity index is 2.23. The minimum atomic E-state index is 0.00432. The van der Waals surface area contributed by atoms with E-state index in [9.17, 15) is 4.79 Å². The standard InChI is InChI=1S/C14H21ClN2O2/c1-11-10-12(15)4-5-13(11)17-14(18)6-8-16-7-3-9-19-2/h4-5,10,16H,3,6-9H2,1-2H3,(H,17,18). The lowest BCUT2D eigenvalue weighted by Gasteiger charge is -2.09. The topological polar surface area (TPSA) is 50.4 Å². The number of nitrogens with one attached hydrogen (secondary N) is 2. The SMILES string of the molecule is COCCCNCCC(=O)Nc1ccc(Cl)cc1C. The molecule has 0 aliphatic heterocycles. The van der Waals surface area contributed by atoms with Crippen molar-refractivity contribution in [1.29, 1.82) is 0 Å². The molecule has 0 saturated heterocycles. The van der Waals surface area contributed by atoms with Crippen molar-refractivity contribution in [3.05, 3.63) is 28.8 Å². The van der Waals surface area contributed by atoms with Crippen LogP contribution in [0.3, 0.4) is 0 Å². The summed E-state index contributed by atoms with van der Waals surface area (Å²) in [5.41, 5.74) is 1.78. The van der Waals surface area contributed by atoms with Gasteiger partial charge in [0.2, 0.25) is 5.91 Å². The lowest BCUT2D eigenvalue weighted by atomic mass is 10.2. The quantitative estimate of drug-likeness (QED) is 0.722. The molecule has 5 heteroatoms. The molecule has 1 rings (SSSR count). The highest BCUT2D eigenvalue weighted by atomic mass is 35.5. The number of carbonyl (C=O) groups excluding carboxylic acids is 1. The number of ether oxygens (including phenoxy) is 1. The molecule has 2 N–H and O–H groups in total. The van der Waals surface area contributed by atoms with E-state index in [1.807, 2.05) is 19.1 Å². The number of anilines is 1. The number of hydrogen-bond acceptors (Lipinski definition) is 3. The molecular formula is C14H21ClN2O2. The van der Waals surface area contributed by atoms with E-state index in [-0.39, 0.29) is 5.91 Å². The van der Waals surface area contributed by atoms with Crippen molar-refractivity contribution in [2.24, 2.45) is 0 Å². The van der Waals surface area contributed by atoms with E-state index in [0.29, 0.717) is 18.0 Å². The molecule has 0 saturated carbocycles. The van der Waals surface area contributed by atoms with Gasteiger partial charge >= 0.3 is 0 Å². The molecule has 0 heterocycles. The van der Waals surface area contributed by atoms with Crippen LogP contribution in [0, 0.1) is 6.92 Å². The van der Waals surface area contributed by atoms with E-state index in [0.717, 1.165) is 30.8 Å². The predicted molar refractivity (Wildman–Crippen MR) is 78.8 cm³/mol. The lowest BCUT2D eigenvalue weighted by Crippen LogP contribution is -2.23. The molecule has 0 radical (unpaired) electrons. The maximum Gasteiger partial charge on any atom is 0.225 e. The molecule has 0 fully saturated rings. The van der Waals surface area contributed by atoms with Crippen molar-refractivity contribution < 1.29 is 9.53 Å². The monoisotopic (exact) mass is 284 g/mol. The Kier molecular flexibility index (Phi) is 7.48. The number of carbonyl (C=O) groups is 1. The van der Waals surface area contributed by atoms with E-state index in [4.69, 9.17) is 16.3 Å². The molecule has 0 atom stereocenters. The first-order valence-corrected chi connectivity index (χ1v) is 6.77. The zero-order chi connectivity index (χ0) is 14.1. The molecule has 19 heavy (non-hydrogen) atoms. The van der Waals surface area contributed by atoms with Crippen LogP contribution in [-0.4, -0.2) is 32.7 Å². The van der Waals surface area contributed by atoms with Gasteiger partial charge in [-0.05, 0) is 43.7 Å². The summed E-state index contributed by atoms with van der Waals surface area (Å²) in [6.07, 6.45) is 1.41. The number of benzene rings is 1. The third-order valence-electron chi connectivity index (χ3n) is 2.69. The van der Waals surface area contributed by atoms with Crippen LogP contribution < -0.4 is 10.6 Å². The van der Waals surface area contributed by atoms with Crippen molar-refractivity contribution in [2.45, 2.75) is 19.8 Å². The summed E-state index contributed by atoms with van der Waals surface area (Å²) >= 11 is 5.86. The van der Waals surface area contributed by atoms with Crippen LogP contribution in [0.25, 0.3) is 0 Å². The highest BCUT2D eigenvalue weighted by molar-refractivity contribution is 6.30. The van der Waals surface area contributed by atoms with Crippen molar-refractivity contribution in [3.8, 4) is 0 Å². The summed E-state index contributed by atoms with van der Waals surface area (Å²) in [7, 11) is 1.68. The fourth-order valence-electron chi connectivity index (χ4n) is 1.65. The van der Waals surface area contributed by atoms with Gasteiger partial charge in [-0.3, -0.25) is 4.79 Å². The van der Waals surface area contributed by atoms with Crippen LogP contribution in [0.1, 0.15) is 18.4 Å². The van der Waals surface area contributed by atoms with Gasteiger partial charge in [-0.2, -0.15) is 0 Å². The highest BCUT2D eigenvalue weighted by Gasteiger charge is 2.04. The van der Waals surface area contributed by atoms with Crippen LogP contribution in [0.15, 0.2) is 18.2 Å². The molecule has 0 aliphatic rings. The summed E-state index contributed by atoms with van der Waals surface area (Å²) in [5, 5.41) is 6.75. The van der Waals surface area contributed by atoms with Crippen molar-refractivity contribution in [3.63, 3.8) is 0 Å². The average molecular weight is 285 g/mol. The molecule has 0 spiro atoms. The third-order valence-corrected chi connectivity index (χ3v) is 2.93. The van der Waals surface area contributed by atoms with Gasteiger partial charge in [-0.25, -0.2) is 0 Å². The smallest absolute Gasteiger partial charge is 0.225 e. The van der Waals surface area contributed by atoms with E-state index >= 15 is 0 Å². The third kappa shape index (κ3) is 6.57. The minimum Gasteiger partial charge on any atom is -0.385 e. The average Bonchev–Trinajstić information content (AvgIpc) is 2.37. The molecule has 0 aliphatic carbocycles. The second kappa shape index (κ2) is 8.91. The van der Waals surface area contributed by atoms with Gasteiger partial charge in [0, 0.05) is 37.4 Å². The van der Waals surface area contributed by atoms with Gasteiger partial charge < -0.3 is 15.4 Å². The first-order valence-electron chi connectivity index (χ1n) is 6.39. The van der Waals surface area contributed by atoms with Gasteiger partial charge in [0.1, 0.15) is 0 Å². The molecule has 0 unspecified atom stereocenters. The molecule has 0 bridgehead atoms. The molecule has 106 valence electrons. The van der Waals surface area contributed by atoms with Gasteiger partial charge in [0.15, 0.2) is 0 Å². The first kappa shape index (κ1) is 16.0. The molecule has 0 aromatic heterocycles. The van der Waals surface area contributed by atoms with Gasteiger partial charge in [-0.1, -0.05) is 11.6 Å². The second-order valence-electron chi connectivity index (χ2n) is 4.35. The Morgan fingerprint density at radius 1 is 1.37 bits per heavy atom. The number of rotatable bonds is 8. The minimum absolute atomic E-state index is 0.00432. The van der Waals surface area contributed by atoms with Gasteiger partial charge in [0.05, 0.1) is 0 Å². The Labute approximate surface area is 119 Å². The number of aryl methyl sites for hydroxylation is 1. The molecule has 1 aromatic carbocycles. The van der Waals surface area contributed by atoms with Crippen molar-refractivity contribution >= 4 is 23.2 Å². The first-order chi connectivity index (χ1) is 9.13. The van der Waals surface area contributed by atoms with E-state index in [2.05, 4.69) is 10.6 Å². The Morgan fingerprint density at radius 3 is 2.84 bits per heavy atom. The summed E-state index contributed by atoms with van der Waals surface area (Å²) in [6.45, 7) is 4.19. The van der Waals surface area contributed by atoms with Crippen molar-refractivity contribution in [2.75, 3.05) is 32.1 Å². The largest absolute Gasteiger partial charge is 0.385 e. The van der Waals surface area contributed by atoms with E-state index in [1.54, 1.807) is 13.2 Å². The van der Waals surface area contributed by atoms with Crippen LogP contribution in [0.4, 0.5) is 5.69 Å². The van der Waals surface area contributed by atoms with E-state index < -0.39 is 0 Å². The summed E-state index contributed by atoms with van der Waals surface area (Å²) in [4.78, 5) is 11.7. The Hall–Kier alpha value is -1.10. The number of hydrogen-bond donors (Lipinski definition) is 2. The van der Waals surface area contributed by atoms with Crippen LogP contribution >= 0.6 is 11.6 Å². The van der Waals surface area contributed by atoms with Crippen molar-refractivity contribution in [1.82, 2.24) is 5.32 Å². The van der Waals surface area contributed by atoms with Gasteiger partial charge in [-0.15, -0.1) is 0 Å². The predicted octanol–water partition coefficient (Wildman–Crippen LogP) is 2.60. The van der Waals surface area contributed by atoms with Crippen LogP contribution in [0.5, 0.6) is 0 Å². The number of amides is 1. The van der Waals surface area contributed by atoms with Crippen LogP contribution in [-0.2, 0) is 9.53 Å². The fraction of sp³-hybridized carbons (Fsp3) is 0.500. The summed E-state index contributed by atoms with van der Waals surface area (Å²) < 4.78 is 4.94. The molecular weight excluding hydrogens is 264 g/mol. The highest BCUT2D eigenvalue weighted by Crippen LogP contribution is 2.19. The molecule has 4 nitrogen and oxygen atoms in total. The van der Waals surface area contributed by atoms with Crippen LogP contribution in [0.2, 0.25) is 5.02 Å². The summed E-state index contributed by atoms with van der Waals surface area (Å²) in [6, 6.07) is 5.43. The fourth-order valence-corrected chi connectivity index (χ4v) is 1.88. The lowest BCUT2D eigenvalue weighted by molar-refractivity contribution is -0.116. The van der Waals surface area contributed by atoms with Gasteiger partial charge in [0.25, 0.3) is 0 Å². The Morgan fingerprint density at radius 2 is 2.16 bits per heavy atom. The Bertz CT molecular complexity index is 410. The molecule has 1 aromatic rings. The van der Waals surface area contributed by atoms with E-state index in [1.165, 1.54) is 0 Å². The normalized spacial score (nSPS) is 10.5. The molecule has 1 amide bonds. The zero-order valence-electron chi connectivity index (χ0n) is 11.5. The second-order valence-corrected chi connectivity index (χ2v) is 4.79. The summed E-state index contributed by atoms with van der Waals surface area (Å²) in [5.74, 6) is 0.00432. The number of halogens is 1. The zero-order valence-corrected chi connectivity index (χ0v) is 12.2. The number of methoxy groups -OCH3 is 1. The maximum atomic E-state index is 11.7.